The van der Waals surface area contributed by atoms with Crippen LogP contribution in [-0.2, 0) is 12.7 Å². The summed E-state index contributed by atoms with van der Waals surface area (Å²) in [5.74, 6) is 0.981. The molecule has 0 saturated carbocycles. The highest BCUT2D eigenvalue weighted by molar-refractivity contribution is 5.57. The fourth-order valence-electron chi connectivity index (χ4n) is 2.83. The lowest BCUT2D eigenvalue weighted by Gasteiger charge is -2.23. The first-order valence-electron chi connectivity index (χ1n) is 8.94. The highest BCUT2D eigenvalue weighted by Crippen LogP contribution is 2.31. The van der Waals surface area contributed by atoms with Crippen LogP contribution in [0, 0.1) is 6.92 Å². The molecule has 0 amide bonds. The van der Waals surface area contributed by atoms with Crippen LogP contribution < -0.4 is 10.2 Å². The van der Waals surface area contributed by atoms with Gasteiger partial charge in [0.2, 0.25) is 5.95 Å². The van der Waals surface area contributed by atoms with Crippen LogP contribution in [0.5, 0.6) is 0 Å². The van der Waals surface area contributed by atoms with E-state index in [4.69, 9.17) is 0 Å². The number of alkyl halides is 3. The average Bonchev–Trinajstić information content (AvgIpc) is 2.66. The summed E-state index contributed by atoms with van der Waals surface area (Å²) in [5.41, 5.74) is 1.45. The number of aryl methyl sites for hydroxylation is 1. The van der Waals surface area contributed by atoms with Crippen molar-refractivity contribution in [3.05, 3.63) is 77.5 Å². The Hall–Kier alpha value is -3.09. The van der Waals surface area contributed by atoms with Crippen molar-refractivity contribution in [1.29, 1.82) is 0 Å². The van der Waals surface area contributed by atoms with Gasteiger partial charge < -0.3 is 10.2 Å². The molecular weight excluding hydrogens is 365 g/mol. The van der Waals surface area contributed by atoms with Gasteiger partial charge in [-0.05, 0) is 37.6 Å². The Morgan fingerprint density at radius 1 is 0.964 bits per heavy atom. The first-order chi connectivity index (χ1) is 13.3. The zero-order valence-corrected chi connectivity index (χ0v) is 15.7. The summed E-state index contributed by atoms with van der Waals surface area (Å²) in [7, 11) is 0. The molecule has 0 atom stereocenters. The van der Waals surface area contributed by atoms with Crippen molar-refractivity contribution in [2.24, 2.45) is 0 Å². The van der Waals surface area contributed by atoms with Crippen molar-refractivity contribution in [2.45, 2.75) is 26.6 Å². The van der Waals surface area contributed by atoms with Crippen LogP contribution in [0.2, 0.25) is 0 Å². The number of anilines is 3. The molecule has 2 aromatic carbocycles. The zero-order chi connectivity index (χ0) is 20.1. The van der Waals surface area contributed by atoms with Crippen molar-refractivity contribution in [2.75, 3.05) is 16.8 Å². The van der Waals surface area contributed by atoms with Crippen molar-refractivity contribution in [1.82, 2.24) is 9.97 Å². The predicted molar refractivity (Wildman–Crippen MR) is 105 cm³/mol. The summed E-state index contributed by atoms with van der Waals surface area (Å²) in [6.45, 7) is 5.27. The van der Waals surface area contributed by atoms with Gasteiger partial charge in [0.05, 0.1) is 5.56 Å². The average molecular weight is 386 g/mol. The van der Waals surface area contributed by atoms with E-state index in [0.29, 0.717) is 12.4 Å². The van der Waals surface area contributed by atoms with Crippen molar-refractivity contribution in [3.63, 3.8) is 0 Å². The van der Waals surface area contributed by atoms with Crippen LogP contribution in [0.15, 0.2) is 60.7 Å². The van der Waals surface area contributed by atoms with Crippen LogP contribution in [0.4, 0.5) is 30.6 Å². The monoisotopic (exact) mass is 386 g/mol. The second kappa shape index (κ2) is 8.29. The van der Waals surface area contributed by atoms with Crippen molar-refractivity contribution >= 4 is 17.5 Å². The minimum absolute atomic E-state index is 0.265. The first-order valence-corrected chi connectivity index (χ1v) is 8.94. The largest absolute Gasteiger partial charge is 0.416 e. The molecule has 0 aliphatic rings. The Morgan fingerprint density at radius 2 is 1.71 bits per heavy atom. The van der Waals surface area contributed by atoms with Gasteiger partial charge in [0.1, 0.15) is 5.82 Å². The van der Waals surface area contributed by atoms with Crippen LogP contribution in [0.1, 0.15) is 23.7 Å². The minimum atomic E-state index is -4.40. The molecule has 28 heavy (non-hydrogen) atoms. The van der Waals surface area contributed by atoms with Gasteiger partial charge in [-0.2, -0.15) is 18.2 Å². The fourth-order valence-corrected chi connectivity index (χ4v) is 2.83. The highest BCUT2D eigenvalue weighted by atomic mass is 19.4. The van der Waals surface area contributed by atoms with Crippen molar-refractivity contribution < 1.29 is 13.2 Å². The van der Waals surface area contributed by atoms with Crippen molar-refractivity contribution in [3.8, 4) is 0 Å². The number of aromatic nitrogens is 2. The summed E-state index contributed by atoms with van der Waals surface area (Å²) in [4.78, 5) is 10.9. The molecule has 0 aliphatic carbocycles. The lowest BCUT2D eigenvalue weighted by atomic mass is 10.2. The maximum Gasteiger partial charge on any atom is 0.416 e. The van der Waals surface area contributed by atoms with E-state index >= 15 is 0 Å². The third-order valence-corrected chi connectivity index (χ3v) is 4.21. The molecule has 0 unspecified atom stereocenters. The zero-order valence-electron chi connectivity index (χ0n) is 15.7. The molecule has 0 aliphatic heterocycles. The van der Waals surface area contributed by atoms with E-state index in [9.17, 15) is 13.2 Å². The van der Waals surface area contributed by atoms with E-state index < -0.39 is 11.7 Å². The summed E-state index contributed by atoms with van der Waals surface area (Å²) in [6, 6.07) is 16.9. The van der Waals surface area contributed by atoms with Gasteiger partial charge in [0, 0.05) is 30.5 Å². The molecule has 0 fully saturated rings. The Morgan fingerprint density at radius 3 is 2.39 bits per heavy atom. The molecule has 1 aromatic heterocycles. The number of halogens is 3. The van der Waals surface area contributed by atoms with Gasteiger partial charge in [-0.3, -0.25) is 0 Å². The maximum atomic E-state index is 12.9. The summed E-state index contributed by atoms with van der Waals surface area (Å²) >= 11 is 0. The Bertz CT molecular complexity index is 926. The fraction of sp³-hybridized carbons (Fsp3) is 0.238. The molecule has 1 N–H and O–H groups in total. The van der Waals surface area contributed by atoms with E-state index in [2.05, 4.69) is 20.2 Å². The number of hydrogen-bond acceptors (Lipinski definition) is 4. The lowest BCUT2D eigenvalue weighted by Crippen LogP contribution is -2.23. The Labute approximate surface area is 162 Å². The Balaban J connectivity index is 1.85. The summed E-state index contributed by atoms with van der Waals surface area (Å²) < 4.78 is 38.8. The second-order valence-electron chi connectivity index (χ2n) is 6.39. The third kappa shape index (κ3) is 5.00. The molecular formula is C21H21F3N4. The first kappa shape index (κ1) is 19.7. The lowest BCUT2D eigenvalue weighted by molar-refractivity contribution is -0.137. The molecule has 146 valence electrons. The molecule has 7 heteroatoms. The van der Waals surface area contributed by atoms with Gasteiger partial charge in [-0.15, -0.1) is 0 Å². The van der Waals surface area contributed by atoms with Gasteiger partial charge in [0.15, 0.2) is 0 Å². The number of hydrogen-bond donors (Lipinski definition) is 1. The predicted octanol–water partition coefficient (Wildman–Crippen LogP) is 5.57. The molecule has 0 spiro atoms. The van der Waals surface area contributed by atoms with Crippen LogP contribution in [0.25, 0.3) is 0 Å². The van der Waals surface area contributed by atoms with Crippen LogP contribution in [-0.4, -0.2) is 16.5 Å². The highest BCUT2D eigenvalue weighted by Gasteiger charge is 2.30. The molecule has 3 rings (SSSR count). The normalized spacial score (nSPS) is 11.3. The topological polar surface area (TPSA) is 41.1 Å². The minimum Gasteiger partial charge on any atom is -0.352 e. The Kier molecular flexibility index (Phi) is 5.82. The van der Waals surface area contributed by atoms with E-state index in [1.165, 1.54) is 6.07 Å². The van der Waals surface area contributed by atoms with Gasteiger partial charge in [-0.25, -0.2) is 4.98 Å². The summed E-state index contributed by atoms with van der Waals surface area (Å²) in [5, 5.41) is 2.89. The smallest absolute Gasteiger partial charge is 0.352 e. The van der Waals surface area contributed by atoms with E-state index in [1.54, 1.807) is 6.07 Å². The second-order valence-corrected chi connectivity index (χ2v) is 6.39. The van der Waals surface area contributed by atoms with Crippen LogP contribution in [0.3, 0.4) is 0 Å². The maximum absolute atomic E-state index is 12.9. The molecule has 1 heterocycles. The van der Waals surface area contributed by atoms with Gasteiger partial charge >= 0.3 is 6.18 Å². The number of benzene rings is 2. The van der Waals surface area contributed by atoms with Crippen LogP contribution >= 0.6 is 0 Å². The molecule has 0 saturated heterocycles. The number of nitrogens with zero attached hydrogens (tertiary/aromatic N) is 3. The third-order valence-electron chi connectivity index (χ3n) is 4.21. The molecule has 3 aromatic rings. The molecule has 0 bridgehead atoms. The van der Waals surface area contributed by atoms with E-state index in [-0.39, 0.29) is 11.6 Å². The van der Waals surface area contributed by atoms with Gasteiger partial charge in [-0.1, -0.05) is 36.4 Å². The quantitative estimate of drug-likeness (QED) is 0.601. The van der Waals surface area contributed by atoms with E-state index in [0.717, 1.165) is 29.9 Å². The summed E-state index contributed by atoms with van der Waals surface area (Å²) in [6.07, 6.45) is -4.40. The molecule has 0 radical (unpaired) electrons. The number of nitrogens with one attached hydrogen (secondary N) is 1. The standard InChI is InChI=1S/C21H21F3N4/c1-3-28(14-16-8-5-4-6-9-16)19-12-15(2)25-20(27-19)26-18-11-7-10-17(13-18)21(22,23)24/h4-13H,3,14H2,1-2H3,(H,25,26,27). The SMILES string of the molecule is CCN(Cc1ccccc1)c1cc(C)nc(Nc2cccc(C(F)(F)F)c2)n1. The van der Waals surface area contributed by atoms with Gasteiger partial charge in [0.25, 0.3) is 0 Å². The number of rotatable bonds is 6. The van der Waals surface area contributed by atoms with E-state index in [1.807, 2.05) is 50.2 Å². The molecule has 4 nitrogen and oxygen atoms in total.